The number of rotatable bonds is 4. The molecule has 0 aliphatic heterocycles. The van der Waals surface area contributed by atoms with Crippen molar-refractivity contribution in [1.82, 2.24) is 20.6 Å². The molecular weight excluding hydrogens is 310 g/mol. The van der Waals surface area contributed by atoms with Crippen molar-refractivity contribution in [1.29, 1.82) is 0 Å². The lowest BCUT2D eigenvalue weighted by Crippen LogP contribution is -2.11. The number of benzene rings is 1. The molecule has 2 N–H and O–H groups in total. The van der Waals surface area contributed by atoms with E-state index in [0.29, 0.717) is 15.7 Å². The summed E-state index contributed by atoms with van der Waals surface area (Å²) in [5, 5.41) is 13.6. The standard InChI is InChI=1S/C12H11N5O2S2/c1-8-2-7-11(20-8)21(18,19)15-10-5-3-9(4-6-10)12-13-16-17-14-12/h2-7,15H,1H3,(H,13,14,16,17). The van der Waals surface area contributed by atoms with Gasteiger partial charge in [-0.25, -0.2) is 8.42 Å². The first kappa shape index (κ1) is 13.7. The van der Waals surface area contributed by atoms with Gasteiger partial charge in [0.05, 0.1) is 0 Å². The van der Waals surface area contributed by atoms with Crippen LogP contribution in [0.25, 0.3) is 11.4 Å². The molecule has 0 amide bonds. The Morgan fingerprint density at radius 3 is 2.48 bits per heavy atom. The van der Waals surface area contributed by atoms with E-state index in [-0.39, 0.29) is 0 Å². The van der Waals surface area contributed by atoms with Crippen LogP contribution in [0, 0.1) is 6.92 Å². The van der Waals surface area contributed by atoms with Gasteiger partial charge in [-0.2, -0.15) is 5.21 Å². The minimum atomic E-state index is -3.54. The number of H-pyrrole nitrogens is 1. The molecule has 0 aliphatic rings. The summed E-state index contributed by atoms with van der Waals surface area (Å²) in [6.07, 6.45) is 0. The Kier molecular flexibility index (Phi) is 3.43. The van der Waals surface area contributed by atoms with Gasteiger partial charge in [0.1, 0.15) is 4.21 Å². The zero-order chi connectivity index (χ0) is 14.9. The summed E-state index contributed by atoms with van der Waals surface area (Å²) in [7, 11) is -3.54. The predicted octanol–water partition coefficient (Wildman–Crippen LogP) is 2.04. The highest BCUT2D eigenvalue weighted by atomic mass is 32.2. The van der Waals surface area contributed by atoms with E-state index in [2.05, 4.69) is 25.3 Å². The van der Waals surface area contributed by atoms with Crippen molar-refractivity contribution in [2.75, 3.05) is 4.72 Å². The summed E-state index contributed by atoms with van der Waals surface area (Å²) in [5.41, 5.74) is 1.23. The molecule has 3 aromatic rings. The molecule has 0 saturated heterocycles. The van der Waals surface area contributed by atoms with Gasteiger partial charge in [-0.15, -0.1) is 21.5 Å². The molecule has 0 unspecified atom stereocenters. The van der Waals surface area contributed by atoms with Gasteiger partial charge < -0.3 is 0 Å². The number of thiophene rings is 1. The normalized spacial score (nSPS) is 11.5. The number of aryl methyl sites for hydroxylation is 1. The molecule has 0 bridgehead atoms. The van der Waals surface area contributed by atoms with E-state index < -0.39 is 10.0 Å². The fourth-order valence-electron chi connectivity index (χ4n) is 1.73. The number of hydrogen-bond acceptors (Lipinski definition) is 6. The first-order valence-corrected chi connectivity index (χ1v) is 8.28. The van der Waals surface area contributed by atoms with Crippen LogP contribution >= 0.6 is 11.3 Å². The molecule has 21 heavy (non-hydrogen) atoms. The molecule has 0 aliphatic carbocycles. The van der Waals surface area contributed by atoms with Crippen LogP contribution in [0.15, 0.2) is 40.6 Å². The number of tetrazole rings is 1. The average Bonchev–Trinajstić information content (AvgIpc) is 3.10. The van der Waals surface area contributed by atoms with E-state index >= 15 is 0 Å². The quantitative estimate of drug-likeness (QED) is 0.766. The Labute approximate surface area is 125 Å². The fraction of sp³-hybridized carbons (Fsp3) is 0.0833. The van der Waals surface area contributed by atoms with Crippen molar-refractivity contribution in [2.24, 2.45) is 0 Å². The minimum absolute atomic E-state index is 0.294. The molecule has 7 nitrogen and oxygen atoms in total. The topological polar surface area (TPSA) is 101 Å². The van der Waals surface area contributed by atoms with E-state index in [0.717, 1.165) is 10.4 Å². The number of sulfonamides is 1. The highest BCUT2D eigenvalue weighted by molar-refractivity contribution is 7.94. The van der Waals surface area contributed by atoms with Gasteiger partial charge >= 0.3 is 0 Å². The number of anilines is 1. The highest BCUT2D eigenvalue weighted by Gasteiger charge is 2.16. The monoisotopic (exact) mass is 321 g/mol. The average molecular weight is 321 g/mol. The van der Waals surface area contributed by atoms with Crippen LogP contribution in [0.2, 0.25) is 0 Å². The third-order valence-electron chi connectivity index (χ3n) is 2.72. The van der Waals surface area contributed by atoms with Crippen LogP contribution < -0.4 is 4.72 Å². The van der Waals surface area contributed by atoms with Crippen molar-refractivity contribution >= 4 is 27.0 Å². The van der Waals surface area contributed by atoms with E-state index in [1.54, 1.807) is 36.4 Å². The Balaban J connectivity index is 1.82. The zero-order valence-corrected chi connectivity index (χ0v) is 12.6. The van der Waals surface area contributed by atoms with Crippen LogP contribution in [0.4, 0.5) is 5.69 Å². The van der Waals surface area contributed by atoms with Crippen molar-refractivity contribution in [3.05, 3.63) is 41.3 Å². The van der Waals surface area contributed by atoms with Gasteiger partial charge in [0, 0.05) is 16.1 Å². The number of aromatic nitrogens is 4. The predicted molar refractivity (Wildman–Crippen MR) is 79.5 cm³/mol. The van der Waals surface area contributed by atoms with Gasteiger partial charge in [0.25, 0.3) is 10.0 Å². The maximum absolute atomic E-state index is 12.2. The minimum Gasteiger partial charge on any atom is -0.279 e. The van der Waals surface area contributed by atoms with Crippen LogP contribution in [0.1, 0.15) is 4.88 Å². The second kappa shape index (κ2) is 5.26. The van der Waals surface area contributed by atoms with Crippen molar-refractivity contribution < 1.29 is 8.42 Å². The number of aromatic amines is 1. The number of nitrogens with zero attached hydrogens (tertiary/aromatic N) is 3. The molecular formula is C12H11N5O2S2. The molecule has 2 heterocycles. The molecule has 0 atom stereocenters. The second-order valence-corrected chi connectivity index (χ2v) is 7.48. The van der Waals surface area contributed by atoms with Crippen molar-refractivity contribution in [3.8, 4) is 11.4 Å². The lowest BCUT2D eigenvalue weighted by Gasteiger charge is -2.06. The van der Waals surface area contributed by atoms with Gasteiger partial charge in [0.15, 0.2) is 0 Å². The van der Waals surface area contributed by atoms with E-state index in [9.17, 15) is 8.42 Å². The maximum atomic E-state index is 12.2. The van der Waals surface area contributed by atoms with E-state index in [1.165, 1.54) is 11.3 Å². The third kappa shape index (κ3) is 2.93. The Morgan fingerprint density at radius 2 is 1.90 bits per heavy atom. The fourth-order valence-corrected chi connectivity index (χ4v) is 4.08. The van der Waals surface area contributed by atoms with Crippen LogP contribution in [0.3, 0.4) is 0 Å². The summed E-state index contributed by atoms with van der Waals surface area (Å²) < 4.78 is 27.2. The van der Waals surface area contributed by atoms with E-state index in [1.807, 2.05) is 6.92 Å². The number of hydrogen-bond donors (Lipinski definition) is 2. The molecule has 1 aromatic carbocycles. The van der Waals surface area contributed by atoms with Crippen molar-refractivity contribution in [3.63, 3.8) is 0 Å². The number of nitrogens with one attached hydrogen (secondary N) is 2. The first-order chi connectivity index (χ1) is 10.0. The third-order valence-corrected chi connectivity index (χ3v) is 5.60. The summed E-state index contributed by atoms with van der Waals surface area (Å²) in [4.78, 5) is 0.947. The Morgan fingerprint density at radius 1 is 1.14 bits per heavy atom. The van der Waals surface area contributed by atoms with Gasteiger partial charge in [-0.05, 0) is 48.5 Å². The lowest BCUT2D eigenvalue weighted by molar-refractivity contribution is 0.603. The highest BCUT2D eigenvalue weighted by Crippen LogP contribution is 2.24. The summed E-state index contributed by atoms with van der Waals surface area (Å²) in [5.74, 6) is 0.457. The lowest BCUT2D eigenvalue weighted by atomic mass is 10.2. The van der Waals surface area contributed by atoms with Crippen molar-refractivity contribution in [2.45, 2.75) is 11.1 Å². The summed E-state index contributed by atoms with van der Waals surface area (Å²) in [6, 6.07) is 10.1. The summed E-state index contributed by atoms with van der Waals surface area (Å²) >= 11 is 1.23. The van der Waals surface area contributed by atoms with E-state index in [4.69, 9.17) is 0 Å². The first-order valence-electron chi connectivity index (χ1n) is 5.98. The largest absolute Gasteiger partial charge is 0.279 e. The van der Waals surface area contributed by atoms with Gasteiger partial charge in [0.2, 0.25) is 5.82 Å². The Bertz CT molecular complexity index is 838. The zero-order valence-electron chi connectivity index (χ0n) is 10.9. The molecule has 0 saturated carbocycles. The molecule has 2 aromatic heterocycles. The molecule has 0 spiro atoms. The molecule has 9 heteroatoms. The van der Waals surface area contributed by atoms with Gasteiger partial charge in [-0.1, -0.05) is 0 Å². The smallest absolute Gasteiger partial charge is 0.271 e. The Hall–Kier alpha value is -2.26. The molecule has 108 valence electrons. The van der Waals surface area contributed by atoms with Crippen LogP contribution in [-0.4, -0.2) is 29.0 Å². The SMILES string of the molecule is Cc1ccc(S(=O)(=O)Nc2ccc(-c3nn[nH]n3)cc2)s1. The second-order valence-electron chi connectivity index (χ2n) is 4.28. The molecule has 0 fully saturated rings. The van der Waals surface area contributed by atoms with Crippen LogP contribution in [-0.2, 0) is 10.0 Å². The maximum Gasteiger partial charge on any atom is 0.271 e. The van der Waals surface area contributed by atoms with Crippen LogP contribution in [0.5, 0.6) is 0 Å². The summed E-state index contributed by atoms with van der Waals surface area (Å²) in [6.45, 7) is 1.86. The molecule has 3 rings (SSSR count). The molecule has 0 radical (unpaired) electrons. The van der Waals surface area contributed by atoms with Gasteiger partial charge in [-0.3, -0.25) is 4.72 Å².